The molecule has 2 aromatic carbocycles. The highest BCUT2D eigenvalue weighted by molar-refractivity contribution is 6.05. The molecule has 0 amide bonds. The molecule has 0 bridgehead atoms. The second-order valence-electron chi connectivity index (χ2n) is 10.0. The SMILES string of the molecule is COc1ccccc1[C@H]1CC(=O)C2=C(C1)NC(C)=C(C(=O)OCC1=CCC=C1)C2c1cccc2[nH]ccc12. The van der Waals surface area contributed by atoms with E-state index in [0.29, 0.717) is 24.0 Å². The maximum absolute atomic E-state index is 14.0. The summed E-state index contributed by atoms with van der Waals surface area (Å²) in [7, 11) is 1.66. The summed E-state index contributed by atoms with van der Waals surface area (Å²) in [6, 6.07) is 15.9. The number of ether oxygens (including phenoxy) is 2. The van der Waals surface area contributed by atoms with Gasteiger partial charge in [-0.3, -0.25) is 4.79 Å². The van der Waals surface area contributed by atoms with E-state index in [9.17, 15) is 9.59 Å². The fraction of sp³-hybridized carbons (Fsp3) is 0.250. The zero-order chi connectivity index (χ0) is 26.2. The number of carbonyl (C=O) groups is 2. The highest BCUT2D eigenvalue weighted by atomic mass is 16.5. The Labute approximate surface area is 221 Å². The average molecular weight is 507 g/mol. The number of methoxy groups -OCH3 is 1. The van der Waals surface area contributed by atoms with Crippen LogP contribution in [0.4, 0.5) is 0 Å². The van der Waals surface area contributed by atoms with E-state index in [1.807, 2.05) is 73.8 Å². The molecule has 0 spiro atoms. The van der Waals surface area contributed by atoms with Crippen LogP contribution in [0.15, 0.2) is 101 Å². The summed E-state index contributed by atoms with van der Waals surface area (Å²) in [5.41, 5.74) is 6.62. The first-order chi connectivity index (χ1) is 18.5. The number of allylic oxidation sites excluding steroid dienone is 5. The quantitative estimate of drug-likeness (QED) is 0.403. The highest BCUT2D eigenvalue weighted by Gasteiger charge is 2.42. The Morgan fingerprint density at radius 1 is 1.05 bits per heavy atom. The lowest BCUT2D eigenvalue weighted by Gasteiger charge is -2.37. The second-order valence-corrected chi connectivity index (χ2v) is 10.0. The maximum atomic E-state index is 14.0. The number of ketones is 1. The Morgan fingerprint density at radius 2 is 1.89 bits per heavy atom. The third kappa shape index (κ3) is 4.16. The molecule has 2 N–H and O–H groups in total. The minimum Gasteiger partial charge on any atom is -0.496 e. The molecular formula is C32H30N2O4. The first kappa shape index (κ1) is 24.0. The number of hydrogen-bond donors (Lipinski definition) is 2. The number of H-pyrrole nitrogens is 1. The van der Waals surface area contributed by atoms with Gasteiger partial charge in [0, 0.05) is 52.3 Å². The number of fused-ring (bicyclic) bond motifs is 1. The molecule has 0 saturated heterocycles. The van der Waals surface area contributed by atoms with E-state index < -0.39 is 11.9 Å². The first-order valence-corrected chi connectivity index (χ1v) is 13.0. The normalized spacial score (nSPS) is 20.9. The molecule has 0 radical (unpaired) electrons. The van der Waals surface area contributed by atoms with Crippen LogP contribution in [0.1, 0.15) is 49.1 Å². The molecular weight excluding hydrogens is 476 g/mol. The van der Waals surface area contributed by atoms with Gasteiger partial charge in [-0.2, -0.15) is 0 Å². The van der Waals surface area contributed by atoms with Gasteiger partial charge in [-0.1, -0.05) is 48.6 Å². The van der Waals surface area contributed by atoms with Crippen molar-refractivity contribution in [2.45, 2.75) is 38.0 Å². The average Bonchev–Trinajstić information content (AvgIpc) is 3.63. The molecule has 6 nitrogen and oxygen atoms in total. The predicted molar refractivity (Wildman–Crippen MR) is 147 cm³/mol. The van der Waals surface area contributed by atoms with Crippen LogP contribution >= 0.6 is 0 Å². The number of carbonyl (C=O) groups excluding carboxylic acids is 2. The molecule has 6 rings (SSSR count). The minimum absolute atomic E-state index is 0.0176. The Bertz CT molecular complexity index is 1570. The van der Waals surface area contributed by atoms with Gasteiger partial charge in [0.05, 0.1) is 12.7 Å². The minimum atomic E-state index is -0.516. The Balaban J connectivity index is 1.43. The van der Waals surface area contributed by atoms with Crippen LogP contribution in [0.2, 0.25) is 0 Å². The number of rotatable bonds is 6. The number of benzene rings is 2. The van der Waals surface area contributed by atoms with Gasteiger partial charge in [0.1, 0.15) is 12.4 Å². The first-order valence-electron chi connectivity index (χ1n) is 13.0. The molecule has 2 aliphatic carbocycles. The van der Waals surface area contributed by atoms with Crippen molar-refractivity contribution in [3.05, 3.63) is 112 Å². The molecule has 1 unspecified atom stereocenters. The monoisotopic (exact) mass is 506 g/mol. The molecule has 1 aliphatic heterocycles. The third-order valence-corrected chi connectivity index (χ3v) is 7.78. The van der Waals surface area contributed by atoms with Crippen molar-refractivity contribution in [1.29, 1.82) is 0 Å². The van der Waals surface area contributed by atoms with Crippen molar-refractivity contribution < 1.29 is 19.1 Å². The molecule has 0 saturated carbocycles. The number of hydrogen-bond acceptors (Lipinski definition) is 5. The van der Waals surface area contributed by atoms with Crippen LogP contribution < -0.4 is 10.1 Å². The standard InChI is InChI=1S/C32H30N2O4/c1-19-29(32(36)38-18-20-8-3-4-9-20)30(24-11-7-12-25-23(24)14-15-33-25)31-26(34-19)16-21(17-27(31)35)22-10-5-6-13-28(22)37-2/h3,5-15,21,30,33-34H,4,16-18H2,1-2H3/t21-,30?/m1/s1. The second kappa shape index (κ2) is 9.86. The summed E-state index contributed by atoms with van der Waals surface area (Å²) < 4.78 is 11.4. The smallest absolute Gasteiger partial charge is 0.337 e. The number of aromatic nitrogens is 1. The van der Waals surface area contributed by atoms with Crippen LogP contribution in [0.5, 0.6) is 5.75 Å². The van der Waals surface area contributed by atoms with Crippen molar-refractivity contribution in [3.8, 4) is 5.75 Å². The molecule has 1 aromatic heterocycles. The summed E-state index contributed by atoms with van der Waals surface area (Å²) in [6.07, 6.45) is 9.81. The summed E-state index contributed by atoms with van der Waals surface area (Å²) in [5, 5.41) is 4.44. The third-order valence-electron chi connectivity index (χ3n) is 7.78. The van der Waals surface area contributed by atoms with Crippen molar-refractivity contribution in [3.63, 3.8) is 0 Å². The Hall–Kier alpha value is -4.32. The van der Waals surface area contributed by atoms with Gasteiger partial charge < -0.3 is 19.8 Å². The number of nitrogens with one attached hydrogen (secondary N) is 2. The zero-order valence-electron chi connectivity index (χ0n) is 21.5. The van der Waals surface area contributed by atoms with Gasteiger partial charge in [-0.05, 0) is 54.7 Å². The molecule has 2 atom stereocenters. The number of esters is 1. The van der Waals surface area contributed by atoms with Crippen LogP contribution in [0.3, 0.4) is 0 Å². The van der Waals surface area contributed by atoms with Gasteiger partial charge in [0.15, 0.2) is 5.78 Å². The molecule has 2 heterocycles. The maximum Gasteiger partial charge on any atom is 0.337 e. The Kier molecular flexibility index (Phi) is 6.24. The number of para-hydroxylation sites is 1. The largest absolute Gasteiger partial charge is 0.496 e. The number of dihydropyridines is 1. The van der Waals surface area contributed by atoms with Gasteiger partial charge in [0.2, 0.25) is 0 Å². The van der Waals surface area contributed by atoms with Gasteiger partial charge in [0.25, 0.3) is 0 Å². The van der Waals surface area contributed by atoms with Crippen molar-refractivity contribution in [2.24, 2.45) is 0 Å². The molecule has 3 aromatic rings. The Morgan fingerprint density at radius 3 is 2.71 bits per heavy atom. The summed E-state index contributed by atoms with van der Waals surface area (Å²) in [6.45, 7) is 2.11. The van der Waals surface area contributed by atoms with Gasteiger partial charge in [-0.25, -0.2) is 4.79 Å². The lowest BCUT2D eigenvalue weighted by Crippen LogP contribution is -2.36. The predicted octanol–water partition coefficient (Wildman–Crippen LogP) is 5.97. The van der Waals surface area contributed by atoms with Crippen LogP contribution in [0, 0.1) is 0 Å². The summed E-state index contributed by atoms with van der Waals surface area (Å²) in [4.78, 5) is 30.9. The van der Waals surface area contributed by atoms with E-state index in [4.69, 9.17) is 9.47 Å². The highest BCUT2D eigenvalue weighted by Crippen LogP contribution is 2.48. The number of aromatic amines is 1. The lowest BCUT2D eigenvalue weighted by molar-refractivity contribution is -0.138. The fourth-order valence-corrected chi connectivity index (χ4v) is 6.05. The molecule has 3 aliphatic rings. The van der Waals surface area contributed by atoms with Crippen LogP contribution in [0.25, 0.3) is 10.9 Å². The van der Waals surface area contributed by atoms with E-state index in [1.54, 1.807) is 7.11 Å². The van der Waals surface area contributed by atoms with E-state index in [1.165, 1.54) is 0 Å². The molecule has 192 valence electrons. The van der Waals surface area contributed by atoms with E-state index >= 15 is 0 Å². The number of Topliss-reactive ketones (excluding diaryl/α,β-unsaturated/α-hetero) is 1. The van der Waals surface area contributed by atoms with Gasteiger partial charge in [-0.15, -0.1) is 0 Å². The summed E-state index contributed by atoms with van der Waals surface area (Å²) >= 11 is 0. The molecule has 38 heavy (non-hydrogen) atoms. The van der Waals surface area contributed by atoms with Crippen molar-refractivity contribution >= 4 is 22.7 Å². The molecule has 0 fully saturated rings. The van der Waals surface area contributed by atoms with E-state index in [-0.39, 0.29) is 18.3 Å². The fourth-order valence-electron chi connectivity index (χ4n) is 6.05. The lowest BCUT2D eigenvalue weighted by atomic mass is 9.71. The van der Waals surface area contributed by atoms with E-state index in [0.717, 1.165) is 51.2 Å². The summed E-state index contributed by atoms with van der Waals surface area (Å²) in [5.74, 6) is -0.120. The zero-order valence-corrected chi connectivity index (χ0v) is 21.5. The van der Waals surface area contributed by atoms with E-state index in [2.05, 4.69) is 16.4 Å². The van der Waals surface area contributed by atoms with Gasteiger partial charge >= 0.3 is 5.97 Å². The topological polar surface area (TPSA) is 80.4 Å². The molecule has 6 heteroatoms. The van der Waals surface area contributed by atoms with Crippen molar-refractivity contribution in [2.75, 3.05) is 13.7 Å². The van der Waals surface area contributed by atoms with Crippen LogP contribution in [-0.2, 0) is 14.3 Å². The van der Waals surface area contributed by atoms with Crippen LogP contribution in [-0.4, -0.2) is 30.5 Å². The van der Waals surface area contributed by atoms with Crippen molar-refractivity contribution in [1.82, 2.24) is 10.3 Å².